The van der Waals surface area contributed by atoms with Crippen molar-refractivity contribution in [3.05, 3.63) is 35.2 Å². The Hall–Kier alpha value is -2.34. The summed E-state index contributed by atoms with van der Waals surface area (Å²) in [5, 5.41) is 10.3. The minimum atomic E-state index is -0.0507. The molecule has 2 N–H and O–H groups in total. The van der Waals surface area contributed by atoms with Gasteiger partial charge in [-0.3, -0.25) is 9.89 Å². The van der Waals surface area contributed by atoms with Crippen LogP contribution in [0.5, 0.6) is 5.75 Å². The normalized spacial score (nSPS) is 11.1. The Bertz CT molecular complexity index is 803. The maximum absolute atomic E-state index is 12.1. The molecule has 22 heavy (non-hydrogen) atoms. The zero-order valence-electron chi connectivity index (χ0n) is 12.6. The van der Waals surface area contributed by atoms with Crippen molar-refractivity contribution in [3.8, 4) is 17.0 Å². The molecule has 1 amide bonds. The van der Waals surface area contributed by atoms with Crippen molar-refractivity contribution in [1.82, 2.24) is 15.5 Å². The number of nitrogens with one attached hydrogen (secondary N) is 2. The predicted octanol–water partition coefficient (Wildman–Crippen LogP) is 3.44. The Kier molecular flexibility index (Phi) is 3.85. The lowest BCUT2D eigenvalue weighted by molar-refractivity contribution is 0.0947. The molecule has 0 aliphatic heterocycles. The van der Waals surface area contributed by atoms with Gasteiger partial charge in [0, 0.05) is 11.6 Å². The molecule has 2 heterocycles. The molecule has 2 aromatic heterocycles. The number of ether oxygens (including phenoxy) is 1. The Morgan fingerprint density at radius 1 is 1.32 bits per heavy atom. The van der Waals surface area contributed by atoms with E-state index >= 15 is 0 Å². The second-order valence-electron chi connectivity index (χ2n) is 5.28. The van der Waals surface area contributed by atoms with E-state index in [0.29, 0.717) is 4.88 Å². The Morgan fingerprint density at radius 2 is 2.05 bits per heavy atom. The molecule has 3 aromatic rings. The molecule has 1 aromatic carbocycles. The van der Waals surface area contributed by atoms with Crippen LogP contribution in [0.3, 0.4) is 0 Å². The minimum absolute atomic E-state index is 0.0507. The van der Waals surface area contributed by atoms with Gasteiger partial charge in [-0.2, -0.15) is 5.10 Å². The van der Waals surface area contributed by atoms with E-state index in [9.17, 15) is 4.79 Å². The second-order valence-corrected chi connectivity index (χ2v) is 6.33. The Balaban J connectivity index is 1.97. The van der Waals surface area contributed by atoms with E-state index in [1.807, 2.05) is 44.2 Å². The van der Waals surface area contributed by atoms with Crippen LogP contribution in [0.25, 0.3) is 21.5 Å². The summed E-state index contributed by atoms with van der Waals surface area (Å²) in [6.07, 6.45) is 0. The van der Waals surface area contributed by atoms with Gasteiger partial charge in [-0.25, -0.2) is 0 Å². The lowest BCUT2D eigenvalue weighted by Gasteiger charge is -2.05. The molecule has 3 rings (SSSR count). The van der Waals surface area contributed by atoms with Crippen LogP contribution >= 0.6 is 11.3 Å². The first-order valence-corrected chi connectivity index (χ1v) is 7.83. The molecule has 0 bridgehead atoms. The fraction of sp³-hybridized carbons (Fsp3) is 0.250. The number of carbonyl (C=O) groups is 1. The number of carbonyl (C=O) groups excluding carboxylic acids is 1. The van der Waals surface area contributed by atoms with Crippen molar-refractivity contribution in [3.63, 3.8) is 0 Å². The Morgan fingerprint density at radius 3 is 2.68 bits per heavy atom. The van der Waals surface area contributed by atoms with Crippen LogP contribution in [0.2, 0.25) is 0 Å². The van der Waals surface area contributed by atoms with Gasteiger partial charge in [-0.15, -0.1) is 11.3 Å². The molecule has 0 saturated heterocycles. The van der Waals surface area contributed by atoms with Crippen molar-refractivity contribution in [2.45, 2.75) is 19.9 Å². The molecule has 0 fully saturated rings. The van der Waals surface area contributed by atoms with E-state index in [2.05, 4.69) is 15.5 Å². The molecule has 114 valence electrons. The van der Waals surface area contributed by atoms with Crippen LogP contribution in [0, 0.1) is 0 Å². The molecule has 0 atom stereocenters. The standard InChI is InChI=1S/C16H17N3O2S/c1-9(2)17-16(20)13-8-12-15(22-13)14(19-18-12)10-4-6-11(21-3)7-5-10/h4-9H,1-3H3,(H,17,20)(H,18,19). The third-order valence-electron chi connectivity index (χ3n) is 3.24. The number of fused-ring (bicyclic) bond motifs is 1. The average molecular weight is 315 g/mol. The molecular formula is C16H17N3O2S. The first kappa shape index (κ1) is 14.6. The van der Waals surface area contributed by atoms with Gasteiger partial charge in [0.1, 0.15) is 11.4 Å². The molecular weight excluding hydrogens is 298 g/mol. The lowest BCUT2D eigenvalue weighted by atomic mass is 10.1. The second kappa shape index (κ2) is 5.81. The number of rotatable bonds is 4. The number of methoxy groups -OCH3 is 1. The smallest absolute Gasteiger partial charge is 0.261 e. The number of aromatic nitrogens is 2. The van der Waals surface area contributed by atoms with E-state index in [0.717, 1.165) is 27.2 Å². The number of nitrogens with zero attached hydrogens (tertiary/aromatic N) is 1. The number of H-pyrrole nitrogens is 1. The zero-order valence-corrected chi connectivity index (χ0v) is 13.5. The highest BCUT2D eigenvalue weighted by molar-refractivity contribution is 7.21. The van der Waals surface area contributed by atoms with E-state index in [1.165, 1.54) is 11.3 Å². The summed E-state index contributed by atoms with van der Waals surface area (Å²) in [6.45, 7) is 3.89. The van der Waals surface area contributed by atoms with Crippen LogP contribution in [0.4, 0.5) is 0 Å². The van der Waals surface area contributed by atoms with E-state index < -0.39 is 0 Å². The molecule has 0 saturated carbocycles. The van der Waals surface area contributed by atoms with Gasteiger partial charge in [-0.1, -0.05) is 0 Å². The fourth-order valence-electron chi connectivity index (χ4n) is 2.21. The van der Waals surface area contributed by atoms with Crippen molar-refractivity contribution in [2.24, 2.45) is 0 Å². The van der Waals surface area contributed by atoms with Gasteiger partial charge in [-0.05, 0) is 44.2 Å². The third-order valence-corrected chi connectivity index (χ3v) is 4.38. The van der Waals surface area contributed by atoms with Crippen molar-refractivity contribution < 1.29 is 9.53 Å². The summed E-state index contributed by atoms with van der Waals surface area (Å²) in [6, 6.07) is 9.68. The number of hydrogen-bond donors (Lipinski definition) is 2. The SMILES string of the molecule is COc1ccc(-c2n[nH]c3cc(C(=O)NC(C)C)sc23)cc1. The van der Waals surface area contributed by atoms with Crippen LogP contribution in [0.15, 0.2) is 30.3 Å². The first-order valence-electron chi connectivity index (χ1n) is 7.01. The fourth-order valence-corrected chi connectivity index (χ4v) is 3.23. The molecule has 6 heteroatoms. The van der Waals surface area contributed by atoms with Gasteiger partial charge in [0.2, 0.25) is 0 Å². The lowest BCUT2D eigenvalue weighted by Crippen LogP contribution is -2.29. The summed E-state index contributed by atoms with van der Waals surface area (Å²) >= 11 is 1.45. The van der Waals surface area contributed by atoms with Crippen molar-refractivity contribution in [1.29, 1.82) is 0 Å². The minimum Gasteiger partial charge on any atom is -0.497 e. The molecule has 0 unspecified atom stereocenters. The number of thiophene rings is 1. The topological polar surface area (TPSA) is 67.0 Å². The number of benzene rings is 1. The average Bonchev–Trinajstić information content (AvgIpc) is 3.07. The molecule has 0 radical (unpaired) electrons. The molecule has 0 aliphatic rings. The summed E-state index contributed by atoms with van der Waals surface area (Å²) in [5.41, 5.74) is 2.72. The van der Waals surface area contributed by atoms with Gasteiger partial charge >= 0.3 is 0 Å². The van der Waals surface area contributed by atoms with Gasteiger partial charge in [0.15, 0.2) is 0 Å². The van der Waals surface area contributed by atoms with Crippen LogP contribution < -0.4 is 10.1 Å². The monoisotopic (exact) mass is 315 g/mol. The number of aromatic amines is 1. The summed E-state index contributed by atoms with van der Waals surface area (Å²) < 4.78 is 6.15. The van der Waals surface area contributed by atoms with E-state index in [1.54, 1.807) is 7.11 Å². The maximum atomic E-state index is 12.1. The van der Waals surface area contributed by atoms with Gasteiger partial charge in [0.25, 0.3) is 5.91 Å². The molecule has 0 spiro atoms. The highest BCUT2D eigenvalue weighted by Gasteiger charge is 2.16. The number of amides is 1. The quantitative estimate of drug-likeness (QED) is 0.775. The van der Waals surface area contributed by atoms with Gasteiger partial charge < -0.3 is 10.1 Å². The van der Waals surface area contributed by atoms with Crippen LogP contribution in [0.1, 0.15) is 23.5 Å². The summed E-state index contributed by atoms with van der Waals surface area (Å²) in [4.78, 5) is 12.8. The molecule has 0 aliphatic carbocycles. The van der Waals surface area contributed by atoms with E-state index in [4.69, 9.17) is 4.74 Å². The summed E-state index contributed by atoms with van der Waals surface area (Å²) in [7, 11) is 1.64. The van der Waals surface area contributed by atoms with Crippen molar-refractivity contribution >= 4 is 27.5 Å². The third kappa shape index (κ3) is 2.69. The highest BCUT2D eigenvalue weighted by atomic mass is 32.1. The number of hydrogen-bond acceptors (Lipinski definition) is 4. The predicted molar refractivity (Wildman–Crippen MR) is 88.6 cm³/mol. The Labute approximate surface area is 132 Å². The maximum Gasteiger partial charge on any atom is 0.261 e. The van der Waals surface area contributed by atoms with Crippen LogP contribution in [-0.2, 0) is 0 Å². The highest BCUT2D eigenvalue weighted by Crippen LogP contribution is 2.33. The first-order chi connectivity index (χ1) is 10.6. The van der Waals surface area contributed by atoms with Crippen LogP contribution in [-0.4, -0.2) is 29.3 Å². The van der Waals surface area contributed by atoms with E-state index in [-0.39, 0.29) is 11.9 Å². The van der Waals surface area contributed by atoms with Crippen molar-refractivity contribution in [2.75, 3.05) is 7.11 Å². The zero-order chi connectivity index (χ0) is 15.7. The van der Waals surface area contributed by atoms with Gasteiger partial charge in [0.05, 0.1) is 22.2 Å². The summed E-state index contributed by atoms with van der Waals surface area (Å²) in [5.74, 6) is 0.754. The largest absolute Gasteiger partial charge is 0.497 e. The molecule has 5 nitrogen and oxygen atoms in total.